The molecule has 33 heavy (non-hydrogen) atoms. The van der Waals surface area contributed by atoms with Crippen LogP contribution in [0.3, 0.4) is 0 Å². The van der Waals surface area contributed by atoms with Crippen molar-refractivity contribution in [1.82, 2.24) is 4.31 Å². The first-order chi connectivity index (χ1) is 15.9. The van der Waals surface area contributed by atoms with Crippen molar-refractivity contribution < 1.29 is 27.4 Å². The third-order valence-electron chi connectivity index (χ3n) is 5.18. The molecule has 0 radical (unpaired) electrons. The Hall–Kier alpha value is -3.56. The van der Waals surface area contributed by atoms with Gasteiger partial charge in [-0.3, -0.25) is 4.79 Å². The normalized spacial score (nSPS) is 12.6. The van der Waals surface area contributed by atoms with E-state index in [9.17, 15) is 13.2 Å². The molecule has 8 nitrogen and oxygen atoms in total. The Balaban J connectivity index is 1.59. The second kappa shape index (κ2) is 9.51. The van der Waals surface area contributed by atoms with Gasteiger partial charge in [0.15, 0.2) is 11.5 Å². The molecule has 0 saturated heterocycles. The van der Waals surface area contributed by atoms with E-state index in [4.69, 9.17) is 14.2 Å². The van der Waals surface area contributed by atoms with Gasteiger partial charge < -0.3 is 19.5 Å². The highest BCUT2D eigenvalue weighted by atomic mass is 32.2. The number of rotatable bonds is 8. The van der Waals surface area contributed by atoms with Crippen LogP contribution < -0.4 is 19.5 Å². The lowest BCUT2D eigenvalue weighted by Gasteiger charge is -2.22. The molecule has 0 aromatic heterocycles. The number of hydrogen-bond acceptors (Lipinski definition) is 6. The molecule has 3 aromatic rings. The molecule has 0 fully saturated rings. The van der Waals surface area contributed by atoms with Crippen molar-refractivity contribution in [3.05, 3.63) is 77.9 Å². The van der Waals surface area contributed by atoms with Crippen molar-refractivity contribution in [2.45, 2.75) is 18.4 Å². The topological polar surface area (TPSA) is 94.2 Å². The third-order valence-corrected chi connectivity index (χ3v) is 6.97. The zero-order valence-electron chi connectivity index (χ0n) is 18.3. The van der Waals surface area contributed by atoms with E-state index < -0.39 is 15.9 Å². The van der Waals surface area contributed by atoms with E-state index in [0.29, 0.717) is 28.5 Å². The second-order valence-corrected chi connectivity index (χ2v) is 9.44. The first-order valence-corrected chi connectivity index (χ1v) is 11.7. The molecule has 0 bridgehead atoms. The first-order valence-electron chi connectivity index (χ1n) is 10.2. The number of nitrogens with one attached hydrogen (secondary N) is 1. The summed E-state index contributed by atoms with van der Waals surface area (Å²) in [5, 5.41) is 2.74. The molecule has 172 valence electrons. The Bertz CT molecular complexity index is 1260. The van der Waals surface area contributed by atoms with E-state index in [-0.39, 0.29) is 24.8 Å². The van der Waals surface area contributed by atoms with Crippen LogP contribution in [0.25, 0.3) is 0 Å². The number of anilines is 1. The van der Waals surface area contributed by atoms with Gasteiger partial charge in [-0.05, 0) is 48.4 Å². The van der Waals surface area contributed by atoms with Gasteiger partial charge in [0, 0.05) is 18.3 Å². The number of benzene rings is 3. The maximum Gasteiger partial charge on any atom is 0.243 e. The second-order valence-electron chi connectivity index (χ2n) is 7.51. The van der Waals surface area contributed by atoms with Crippen LogP contribution in [0.4, 0.5) is 5.69 Å². The lowest BCUT2D eigenvalue weighted by atomic mass is 10.2. The van der Waals surface area contributed by atoms with Gasteiger partial charge in [-0.2, -0.15) is 4.31 Å². The van der Waals surface area contributed by atoms with Gasteiger partial charge in [0.1, 0.15) is 5.75 Å². The molecule has 1 aliphatic rings. The van der Waals surface area contributed by atoms with E-state index in [1.807, 2.05) is 30.3 Å². The number of nitrogens with zero attached hydrogens (tertiary/aromatic N) is 1. The molecule has 1 N–H and O–H groups in total. The minimum atomic E-state index is -3.97. The van der Waals surface area contributed by atoms with Crippen molar-refractivity contribution in [1.29, 1.82) is 0 Å². The quantitative estimate of drug-likeness (QED) is 0.543. The average Bonchev–Trinajstić information content (AvgIpc) is 3.27. The van der Waals surface area contributed by atoms with Crippen molar-refractivity contribution in [2.75, 3.05) is 25.8 Å². The average molecular weight is 469 g/mol. The van der Waals surface area contributed by atoms with Crippen LogP contribution >= 0.6 is 0 Å². The third kappa shape index (κ3) is 5.10. The number of sulfonamides is 1. The van der Waals surface area contributed by atoms with Crippen molar-refractivity contribution in [3.63, 3.8) is 0 Å². The van der Waals surface area contributed by atoms with Crippen LogP contribution in [0.15, 0.2) is 71.6 Å². The molecule has 9 heteroatoms. The van der Waals surface area contributed by atoms with E-state index in [0.717, 1.165) is 9.87 Å². The Morgan fingerprint density at radius 1 is 1.03 bits per heavy atom. The van der Waals surface area contributed by atoms with Crippen LogP contribution in [-0.4, -0.2) is 39.1 Å². The van der Waals surface area contributed by atoms with E-state index >= 15 is 0 Å². The van der Waals surface area contributed by atoms with Crippen LogP contribution in [0.1, 0.15) is 11.1 Å². The van der Waals surface area contributed by atoms with Gasteiger partial charge >= 0.3 is 0 Å². The number of carbonyl (C=O) groups excluding carboxylic acids is 1. The molecule has 1 heterocycles. The predicted molar refractivity (Wildman–Crippen MR) is 123 cm³/mol. The number of fused-ring (bicyclic) bond motifs is 1. The largest absolute Gasteiger partial charge is 0.496 e. The standard InChI is InChI=1S/C24H24N2O6S/c1-17-12-20(9-11-21(17)30-2)33(28,29)26(14-18-6-4-3-5-7-18)15-24(27)25-19-8-10-22-23(13-19)32-16-31-22/h3-13H,14-16H2,1-2H3,(H,25,27). The predicted octanol–water partition coefficient (Wildman–Crippen LogP) is 3.56. The maximum atomic E-state index is 13.5. The van der Waals surface area contributed by atoms with Crippen LogP contribution in [0.5, 0.6) is 17.2 Å². The molecule has 1 amide bonds. The summed E-state index contributed by atoms with van der Waals surface area (Å²) < 4.78 is 44.0. The Morgan fingerprint density at radius 2 is 1.79 bits per heavy atom. The van der Waals surface area contributed by atoms with Crippen LogP contribution in [0.2, 0.25) is 0 Å². The Morgan fingerprint density at radius 3 is 2.52 bits per heavy atom. The lowest BCUT2D eigenvalue weighted by molar-refractivity contribution is -0.116. The fourth-order valence-corrected chi connectivity index (χ4v) is 4.98. The fourth-order valence-electron chi connectivity index (χ4n) is 3.51. The fraction of sp³-hybridized carbons (Fsp3) is 0.208. The van der Waals surface area contributed by atoms with Crippen molar-refractivity contribution in [2.24, 2.45) is 0 Å². The summed E-state index contributed by atoms with van der Waals surface area (Å²) in [4.78, 5) is 12.9. The van der Waals surface area contributed by atoms with Gasteiger partial charge in [-0.1, -0.05) is 30.3 Å². The number of ether oxygens (including phenoxy) is 3. The molecule has 1 aliphatic heterocycles. The highest BCUT2D eigenvalue weighted by Crippen LogP contribution is 2.34. The SMILES string of the molecule is COc1ccc(S(=O)(=O)N(CC(=O)Nc2ccc3c(c2)OCO3)Cc2ccccc2)cc1C. The van der Waals surface area contributed by atoms with Crippen molar-refractivity contribution >= 4 is 21.6 Å². The number of aryl methyl sites for hydroxylation is 1. The van der Waals surface area contributed by atoms with E-state index in [1.54, 1.807) is 37.3 Å². The van der Waals surface area contributed by atoms with Crippen LogP contribution in [-0.2, 0) is 21.4 Å². The number of amides is 1. The van der Waals surface area contributed by atoms with Gasteiger partial charge in [0.2, 0.25) is 22.7 Å². The Labute approximate surface area is 192 Å². The molecule has 0 saturated carbocycles. The molecule has 0 aliphatic carbocycles. The minimum Gasteiger partial charge on any atom is -0.496 e. The van der Waals surface area contributed by atoms with Gasteiger partial charge in [-0.15, -0.1) is 0 Å². The molecule has 4 rings (SSSR count). The summed E-state index contributed by atoms with van der Waals surface area (Å²) in [7, 11) is -2.44. The molecular weight excluding hydrogens is 444 g/mol. The van der Waals surface area contributed by atoms with Gasteiger partial charge in [-0.25, -0.2) is 8.42 Å². The molecular formula is C24H24N2O6S. The summed E-state index contributed by atoms with van der Waals surface area (Å²) in [5.41, 5.74) is 1.94. The summed E-state index contributed by atoms with van der Waals surface area (Å²) >= 11 is 0. The zero-order valence-corrected chi connectivity index (χ0v) is 19.1. The number of methoxy groups -OCH3 is 1. The Kier molecular flexibility index (Phi) is 6.52. The number of carbonyl (C=O) groups is 1. The van der Waals surface area contributed by atoms with E-state index in [2.05, 4.69) is 5.32 Å². The zero-order chi connectivity index (χ0) is 23.4. The summed E-state index contributed by atoms with van der Waals surface area (Å²) in [6, 6.07) is 18.8. The molecule has 0 atom stereocenters. The van der Waals surface area contributed by atoms with Crippen molar-refractivity contribution in [3.8, 4) is 17.2 Å². The molecule has 3 aromatic carbocycles. The monoisotopic (exact) mass is 468 g/mol. The minimum absolute atomic E-state index is 0.0445. The maximum absolute atomic E-state index is 13.5. The summed E-state index contributed by atoms with van der Waals surface area (Å²) in [5.74, 6) is 1.23. The molecule has 0 spiro atoms. The van der Waals surface area contributed by atoms with Crippen LogP contribution in [0, 0.1) is 6.92 Å². The van der Waals surface area contributed by atoms with E-state index in [1.165, 1.54) is 13.2 Å². The summed E-state index contributed by atoms with van der Waals surface area (Å²) in [6.45, 7) is 1.57. The first kappa shape index (κ1) is 22.6. The van der Waals surface area contributed by atoms with Gasteiger partial charge in [0.25, 0.3) is 0 Å². The van der Waals surface area contributed by atoms with Gasteiger partial charge in [0.05, 0.1) is 18.6 Å². The number of hydrogen-bond donors (Lipinski definition) is 1. The summed E-state index contributed by atoms with van der Waals surface area (Å²) in [6.07, 6.45) is 0. The lowest BCUT2D eigenvalue weighted by Crippen LogP contribution is -2.37. The molecule has 0 unspecified atom stereocenters. The smallest absolute Gasteiger partial charge is 0.243 e. The highest BCUT2D eigenvalue weighted by Gasteiger charge is 2.28. The highest BCUT2D eigenvalue weighted by molar-refractivity contribution is 7.89.